The largest absolute Gasteiger partial charge is 0.325 e. The van der Waals surface area contributed by atoms with Gasteiger partial charge in [0, 0.05) is 31.9 Å². The number of aryl methyl sites for hydroxylation is 1. The number of carbonyl (C=O) groups excluding carboxylic acids is 1. The molecule has 1 amide bonds. The molecule has 1 unspecified atom stereocenters. The molecule has 6 nitrogen and oxygen atoms in total. The fourth-order valence-corrected chi connectivity index (χ4v) is 4.57. The molecule has 0 radical (unpaired) electrons. The van der Waals surface area contributed by atoms with Gasteiger partial charge in [-0.2, -0.15) is 4.31 Å². The highest BCUT2D eigenvalue weighted by atomic mass is 32.2. The van der Waals surface area contributed by atoms with E-state index in [9.17, 15) is 13.2 Å². The fraction of sp³-hybridized carbons (Fsp3) is 0.350. The summed E-state index contributed by atoms with van der Waals surface area (Å²) < 4.78 is 26.9. The van der Waals surface area contributed by atoms with Gasteiger partial charge in [0.15, 0.2) is 0 Å². The van der Waals surface area contributed by atoms with Crippen molar-refractivity contribution in [3.63, 3.8) is 0 Å². The van der Waals surface area contributed by atoms with Gasteiger partial charge >= 0.3 is 0 Å². The Hall–Kier alpha value is -2.22. The van der Waals surface area contributed by atoms with Crippen LogP contribution >= 0.6 is 0 Å². The Morgan fingerprint density at radius 2 is 1.56 bits per heavy atom. The third kappa shape index (κ3) is 4.55. The molecule has 2 aromatic rings. The summed E-state index contributed by atoms with van der Waals surface area (Å²) in [6.07, 6.45) is 0. The minimum Gasteiger partial charge on any atom is -0.325 e. The first kappa shape index (κ1) is 19.5. The van der Waals surface area contributed by atoms with E-state index in [0.29, 0.717) is 31.1 Å². The predicted octanol–water partition coefficient (Wildman–Crippen LogP) is 2.33. The second kappa shape index (κ2) is 8.21. The van der Waals surface area contributed by atoms with Gasteiger partial charge in [0.2, 0.25) is 15.9 Å². The average Bonchev–Trinajstić information content (AvgIpc) is 2.70. The van der Waals surface area contributed by atoms with E-state index < -0.39 is 10.0 Å². The minimum atomic E-state index is -3.48. The third-order valence-electron chi connectivity index (χ3n) is 4.90. The van der Waals surface area contributed by atoms with Crippen LogP contribution in [0, 0.1) is 6.92 Å². The number of benzene rings is 2. The zero-order valence-corrected chi connectivity index (χ0v) is 16.4. The molecule has 1 aliphatic heterocycles. The number of hydrogen-bond donors (Lipinski definition) is 1. The Kier molecular flexibility index (Phi) is 5.94. The van der Waals surface area contributed by atoms with Crippen LogP contribution in [0.2, 0.25) is 0 Å². The van der Waals surface area contributed by atoms with Gasteiger partial charge in [0.25, 0.3) is 0 Å². The fourth-order valence-electron chi connectivity index (χ4n) is 3.12. The van der Waals surface area contributed by atoms with Crippen molar-refractivity contribution in [3.05, 3.63) is 60.2 Å². The summed E-state index contributed by atoms with van der Waals surface area (Å²) in [5.41, 5.74) is 1.90. The van der Waals surface area contributed by atoms with E-state index in [1.165, 1.54) is 4.31 Å². The van der Waals surface area contributed by atoms with Crippen molar-refractivity contribution in [1.29, 1.82) is 0 Å². The zero-order chi connectivity index (χ0) is 19.4. The van der Waals surface area contributed by atoms with E-state index >= 15 is 0 Å². The molecule has 2 aromatic carbocycles. The summed E-state index contributed by atoms with van der Waals surface area (Å²) in [5, 5.41) is 2.92. The second-order valence-electron chi connectivity index (χ2n) is 6.78. The number of rotatable bonds is 5. The molecule has 1 fully saturated rings. The second-order valence-corrected chi connectivity index (χ2v) is 8.72. The van der Waals surface area contributed by atoms with Gasteiger partial charge in [0.1, 0.15) is 0 Å². The molecule has 0 aliphatic carbocycles. The maximum Gasteiger partial charge on any atom is 0.243 e. The van der Waals surface area contributed by atoms with Crippen LogP contribution in [0.4, 0.5) is 5.69 Å². The van der Waals surface area contributed by atoms with Crippen molar-refractivity contribution in [2.45, 2.75) is 24.8 Å². The highest BCUT2D eigenvalue weighted by molar-refractivity contribution is 7.89. The van der Waals surface area contributed by atoms with E-state index in [4.69, 9.17) is 0 Å². The normalized spacial score (nSPS) is 17.4. The number of carbonyl (C=O) groups is 1. The van der Waals surface area contributed by atoms with Gasteiger partial charge in [0.05, 0.1) is 10.9 Å². The van der Waals surface area contributed by atoms with Crippen molar-refractivity contribution in [2.75, 3.05) is 31.5 Å². The van der Waals surface area contributed by atoms with Crippen LogP contribution in [0.25, 0.3) is 0 Å². The standard InChI is InChI=1S/C20H25N3O3S/c1-16-8-10-18(11-9-16)21-20(24)17(2)22-12-14-23(15-13-22)27(25,26)19-6-4-3-5-7-19/h3-11,17H,12-15H2,1-2H3,(H,21,24). The van der Waals surface area contributed by atoms with Gasteiger partial charge < -0.3 is 5.32 Å². The number of piperazine rings is 1. The molecule has 0 saturated carbocycles. The summed E-state index contributed by atoms with van der Waals surface area (Å²) in [6, 6.07) is 15.8. The van der Waals surface area contributed by atoms with Gasteiger partial charge in [-0.3, -0.25) is 9.69 Å². The van der Waals surface area contributed by atoms with Crippen LogP contribution in [-0.4, -0.2) is 55.8 Å². The van der Waals surface area contributed by atoms with Crippen LogP contribution in [0.5, 0.6) is 0 Å². The van der Waals surface area contributed by atoms with Crippen molar-refractivity contribution in [2.24, 2.45) is 0 Å². The molecular weight excluding hydrogens is 362 g/mol. The number of anilines is 1. The molecule has 144 valence electrons. The number of nitrogens with one attached hydrogen (secondary N) is 1. The van der Waals surface area contributed by atoms with Crippen molar-refractivity contribution < 1.29 is 13.2 Å². The first-order chi connectivity index (χ1) is 12.9. The van der Waals surface area contributed by atoms with Crippen LogP contribution in [0.3, 0.4) is 0 Å². The van der Waals surface area contributed by atoms with Crippen molar-refractivity contribution in [3.8, 4) is 0 Å². The van der Waals surface area contributed by atoms with Gasteiger partial charge in [-0.1, -0.05) is 35.9 Å². The Balaban J connectivity index is 1.58. The Morgan fingerprint density at radius 1 is 0.963 bits per heavy atom. The maximum atomic E-state index is 12.7. The van der Waals surface area contributed by atoms with Crippen molar-refractivity contribution in [1.82, 2.24) is 9.21 Å². The smallest absolute Gasteiger partial charge is 0.243 e. The lowest BCUT2D eigenvalue weighted by Gasteiger charge is -2.36. The molecule has 1 aliphatic rings. The molecule has 1 saturated heterocycles. The molecule has 7 heteroatoms. The molecule has 27 heavy (non-hydrogen) atoms. The number of hydrogen-bond acceptors (Lipinski definition) is 4. The van der Waals surface area contributed by atoms with Gasteiger partial charge in [-0.15, -0.1) is 0 Å². The Labute approximate surface area is 160 Å². The van der Waals surface area contributed by atoms with E-state index in [2.05, 4.69) is 5.32 Å². The van der Waals surface area contributed by atoms with Crippen LogP contribution < -0.4 is 5.32 Å². The highest BCUT2D eigenvalue weighted by Crippen LogP contribution is 2.18. The summed E-state index contributed by atoms with van der Waals surface area (Å²) in [4.78, 5) is 14.8. The highest BCUT2D eigenvalue weighted by Gasteiger charge is 2.31. The number of amides is 1. The molecule has 0 bridgehead atoms. The lowest BCUT2D eigenvalue weighted by Crippen LogP contribution is -2.53. The summed E-state index contributed by atoms with van der Waals surface area (Å²) in [5.74, 6) is -0.0850. The SMILES string of the molecule is Cc1ccc(NC(=O)C(C)N2CCN(S(=O)(=O)c3ccccc3)CC2)cc1. The summed E-state index contributed by atoms with van der Waals surface area (Å²) in [6.45, 7) is 5.64. The maximum absolute atomic E-state index is 12.7. The molecule has 1 N–H and O–H groups in total. The molecule has 3 rings (SSSR count). The van der Waals surface area contributed by atoms with Crippen LogP contribution in [0.15, 0.2) is 59.5 Å². The molecule has 1 heterocycles. The molecule has 0 aromatic heterocycles. The number of sulfonamides is 1. The third-order valence-corrected chi connectivity index (χ3v) is 6.81. The van der Waals surface area contributed by atoms with Crippen LogP contribution in [-0.2, 0) is 14.8 Å². The molecule has 0 spiro atoms. The first-order valence-corrected chi connectivity index (χ1v) is 10.5. The first-order valence-electron chi connectivity index (χ1n) is 9.05. The van der Waals surface area contributed by atoms with E-state index in [-0.39, 0.29) is 11.9 Å². The molecular formula is C20H25N3O3S. The van der Waals surface area contributed by atoms with Gasteiger partial charge in [-0.25, -0.2) is 8.42 Å². The monoisotopic (exact) mass is 387 g/mol. The molecule has 1 atom stereocenters. The lowest BCUT2D eigenvalue weighted by molar-refractivity contribution is -0.121. The summed E-state index contributed by atoms with van der Waals surface area (Å²) in [7, 11) is -3.48. The lowest BCUT2D eigenvalue weighted by atomic mass is 10.2. The Bertz CT molecular complexity index is 874. The topological polar surface area (TPSA) is 69.7 Å². The quantitative estimate of drug-likeness (QED) is 0.855. The van der Waals surface area contributed by atoms with Crippen molar-refractivity contribution >= 4 is 21.6 Å². The zero-order valence-electron chi connectivity index (χ0n) is 15.6. The van der Waals surface area contributed by atoms with E-state index in [1.54, 1.807) is 30.3 Å². The van der Waals surface area contributed by atoms with Gasteiger partial charge in [-0.05, 0) is 38.1 Å². The average molecular weight is 388 g/mol. The summed E-state index contributed by atoms with van der Waals surface area (Å²) >= 11 is 0. The minimum absolute atomic E-state index is 0.0850. The Morgan fingerprint density at radius 3 is 2.15 bits per heavy atom. The van der Waals surface area contributed by atoms with E-state index in [1.807, 2.05) is 43.0 Å². The van der Waals surface area contributed by atoms with Crippen LogP contribution in [0.1, 0.15) is 12.5 Å². The predicted molar refractivity (Wildman–Crippen MR) is 106 cm³/mol. The van der Waals surface area contributed by atoms with E-state index in [0.717, 1.165) is 11.3 Å². The number of nitrogens with zero attached hydrogens (tertiary/aromatic N) is 2.